The number of aromatic nitrogens is 1. The van der Waals surface area contributed by atoms with Gasteiger partial charge in [0.2, 0.25) is 5.52 Å². The molecule has 7 heteroatoms. The van der Waals surface area contributed by atoms with Crippen molar-refractivity contribution in [3.05, 3.63) is 73.3 Å². The number of benzene rings is 2. The zero-order valence-corrected chi connectivity index (χ0v) is 26.0. The maximum absolute atomic E-state index is 12.8. The van der Waals surface area contributed by atoms with Crippen LogP contribution >= 0.6 is 7.60 Å². The zero-order valence-electron chi connectivity index (χ0n) is 25.1. The van der Waals surface area contributed by atoms with Crippen LogP contribution in [-0.2, 0) is 20.2 Å². The van der Waals surface area contributed by atoms with Crippen molar-refractivity contribution < 1.29 is 27.7 Å². The van der Waals surface area contributed by atoms with Crippen molar-refractivity contribution >= 4 is 30.7 Å². The molecule has 3 aromatic rings. The number of pyridine rings is 1. The van der Waals surface area contributed by atoms with Crippen LogP contribution in [-0.4, -0.2) is 32.6 Å². The smallest absolute Gasteiger partial charge is 0.330 e. The largest absolute Gasteiger partial charge is 0.490 e. The quantitative estimate of drug-likeness (QED) is 0.0663. The standard InChI is InChI=1S/C32H45NO5P.CH3/c1-5-9-23-35-31-19-17-27(26-32(31)36-24-10-6-2)16-18-28-20-22-33(30-15-12-11-14-29(28)30)21-13-25-39(34,37-7-3)38-8-4;/h11-12,14-20,22,26H,5-10,13,21,23-25H2,1-4H3;1H3/q+1;-1. The number of rotatable bonds is 18. The van der Waals surface area contributed by atoms with Gasteiger partial charge in [-0.15, -0.1) is 0 Å². The summed E-state index contributed by atoms with van der Waals surface area (Å²) in [6.07, 6.45) is 11.7. The van der Waals surface area contributed by atoms with Crippen LogP contribution in [0.1, 0.15) is 70.9 Å². The van der Waals surface area contributed by atoms with E-state index in [9.17, 15) is 4.57 Å². The van der Waals surface area contributed by atoms with E-state index in [1.165, 1.54) is 0 Å². The molecule has 0 saturated carbocycles. The molecule has 0 N–H and O–H groups in total. The SMILES string of the molecule is CCCCOc1ccc(C=Cc2cc[n+](CCCP(=O)(OCC)OCC)c3ccccc23)cc1OCCCC.[CH3-]. The number of para-hydroxylation sites is 1. The van der Waals surface area contributed by atoms with Crippen molar-refractivity contribution in [1.29, 1.82) is 0 Å². The van der Waals surface area contributed by atoms with Crippen molar-refractivity contribution in [3.63, 3.8) is 0 Å². The molecule has 0 spiro atoms. The predicted molar refractivity (Wildman–Crippen MR) is 167 cm³/mol. The summed E-state index contributed by atoms with van der Waals surface area (Å²) in [6.45, 7) is 10.9. The average Bonchev–Trinajstić information content (AvgIpc) is 2.94. The van der Waals surface area contributed by atoms with Gasteiger partial charge in [-0.1, -0.05) is 57.0 Å². The lowest BCUT2D eigenvalue weighted by Crippen LogP contribution is -2.34. The molecule has 0 aliphatic heterocycles. The van der Waals surface area contributed by atoms with Gasteiger partial charge in [0.1, 0.15) is 6.54 Å². The van der Waals surface area contributed by atoms with Crippen molar-refractivity contribution in [2.24, 2.45) is 0 Å². The first-order valence-electron chi connectivity index (χ1n) is 14.4. The van der Waals surface area contributed by atoms with Gasteiger partial charge < -0.3 is 25.9 Å². The Hall–Kier alpha value is -2.66. The summed E-state index contributed by atoms with van der Waals surface area (Å²) in [5, 5.41) is 1.16. The van der Waals surface area contributed by atoms with E-state index >= 15 is 0 Å². The number of hydrogen-bond donors (Lipinski definition) is 0. The summed E-state index contributed by atoms with van der Waals surface area (Å²) >= 11 is 0. The summed E-state index contributed by atoms with van der Waals surface area (Å²) in [5.74, 6) is 1.61. The third-order valence-electron chi connectivity index (χ3n) is 6.38. The molecule has 0 amide bonds. The molecule has 0 unspecified atom stereocenters. The molecule has 220 valence electrons. The van der Waals surface area contributed by atoms with E-state index in [1.54, 1.807) is 0 Å². The van der Waals surface area contributed by atoms with Gasteiger partial charge in [0.05, 0.1) is 38.0 Å². The Bertz CT molecular complexity index is 1230. The van der Waals surface area contributed by atoms with E-state index in [0.29, 0.717) is 39.0 Å². The Morgan fingerprint density at radius 3 is 2.15 bits per heavy atom. The maximum atomic E-state index is 12.8. The van der Waals surface area contributed by atoms with Crippen LogP contribution < -0.4 is 14.0 Å². The molecule has 0 bridgehead atoms. The van der Waals surface area contributed by atoms with Gasteiger partial charge in [-0.3, -0.25) is 4.57 Å². The maximum Gasteiger partial charge on any atom is 0.330 e. The molecule has 1 heterocycles. The molecule has 0 aliphatic rings. The van der Waals surface area contributed by atoms with Crippen LogP contribution in [0.3, 0.4) is 0 Å². The highest BCUT2D eigenvalue weighted by atomic mass is 31.2. The van der Waals surface area contributed by atoms with Gasteiger partial charge in [0.15, 0.2) is 17.7 Å². The average molecular weight is 570 g/mol. The van der Waals surface area contributed by atoms with E-state index in [-0.39, 0.29) is 7.43 Å². The van der Waals surface area contributed by atoms with E-state index in [2.05, 4.69) is 79.2 Å². The highest BCUT2D eigenvalue weighted by molar-refractivity contribution is 7.53. The highest BCUT2D eigenvalue weighted by Crippen LogP contribution is 2.48. The van der Waals surface area contributed by atoms with Crippen LogP contribution in [0.5, 0.6) is 11.5 Å². The first-order chi connectivity index (χ1) is 19.0. The Morgan fingerprint density at radius 2 is 1.48 bits per heavy atom. The Kier molecular flexibility index (Phi) is 15.0. The van der Waals surface area contributed by atoms with Gasteiger partial charge in [-0.2, -0.15) is 4.57 Å². The second-order valence-corrected chi connectivity index (χ2v) is 11.6. The van der Waals surface area contributed by atoms with Crippen LogP contribution in [0, 0.1) is 7.43 Å². The molecule has 0 aliphatic carbocycles. The van der Waals surface area contributed by atoms with Crippen molar-refractivity contribution in [1.82, 2.24) is 0 Å². The first kappa shape index (κ1) is 33.5. The minimum absolute atomic E-state index is 0. The number of unbranched alkanes of at least 4 members (excludes halogenated alkanes) is 2. The number of ether oxygens (including phenoxy) is 2. The molecule has 0 saturated heterocycles. The number of fused-ring (bicyclic) bond motifs is 1. The van der Waals surface area contributed by atoms with Gasteiger partial charge >= 0.3 is 7.60 Å². The minimum atomic E-state index is -3.04. The number of hydrogen-bond acceptors (Lipinski definition) is 5. The van der Waals surface area contributed by atoms with Gasteiger partial charge in [0.25, 0.3) is 0 Å². The Balaban J connectivity index is 0.00000560. The molecule has 2 aromatic carbocycles. The van der Waals surface area contributed by atoms with Crippen LogP contribution in [0.4, 0.5) is 0 Å². The zero-order chi connectivity index (χ0) is 27.9. The van der Waals surface area contributed by atoms with E-state index < -0.39 is 7.60 Å². The highest BCUT2D eigenvalue weighted by Gasteiger charge is 2.24. The molecular weight excluding hydrogens is 521 g/mol. The van der Waals surface area contributed by atoms with Crippen LogP contribution in [0.25, 0.3) is 23.1 Å². The molecule has 0 fully saturated rings. The van der Waals surface area contributed by atoms with E-state index in [0.717, 1.165) is 65.8 Å². The lowest BCUT2D eigenvalue weighted by Gasteiger charge is -2.16. The Labute approximate surface area is 241 Å². The predicted octanol–water partition coefficient (Wildman–Crippen LogP) is 8.76. The third-order valence-corrected chi connectivity index (χ3v) is 8.54. The van der Waals surface area contributed by atoms with Crippen molar-refractivity contribution in [2.75, 3.05) is 32.6 Å². The molecule has 6 nitrogen and oxygen atoms in total. The molecule has 1 aromatic heterocycles. The summed E-state index contributed by atoms with van der Waals surface area (Å²) < 4.78 is 38.0. The second-order valence-electron chi connectivity index (χ2n) is 9.45. The second kappa shape index (κ2) is 17.9. The molecule has 3 rings (SSSR count). The molecule has 0 atom stereocenters. The fraction of sp³-hybridized carbons (Fsp3) is 0.455. The van der Waals surface area contributed by atoms with Gasteiger partial charge in [0, 0.05) is 18.6 Å². The van der Waals surface area contributed by atoms with Crippen LogP contribution in [0.2, 0.25) is 0 Å². The Morgan fingerprint density at radius 1 is 0.800 bits per heavy atom. The molecular formula is C33H48NO5P. The lowest BCUT2D eigenvalue weighted by molar-refractivity contribution is -0.671. The minimum Gasteiger partial charge on any atom is -0.490 e. The first-order valence-corrected chi connectivity index (χ1v) is 16.1. The van der Waals surface area contributed by atoms with Crippen molar-refractivity contribution in [2.45, 2.75) is 66.3 Å². The van der Waals surface area contributed by atoms with Gasteiger partial charge in [-0.25, -0.2) is 0 Å². The number of aryl methyl sites for hydroxylation is 1. The fourth-order valence-electron chi connectivity index (χ4n) is 4.34. The topological polar surface area (TPSA) is 57.9 Å². The van der Waals surface area contributed by atoms with Crippen molar-refractivity contribution in [3.8, 4) is 11.5 Å². The number of nitrogens with zero attached hydrogens (tertiary/aromatic N) is 1. The molecule has 40 heavy (non-hydrogen) atoms. The summed E-state index contributed by atoms with van der Waals surface area (Å²) in [5.41, 5.74) is 3.33. The monoisotopic (exact) mass is 569 g/mol. The summed E-state index contributed by atoms with van der Waals surface area (Å²) in [4.78, 5) is 0. The fourth-order valence-corrected chi connectivity index (χ4v) is 5.99. The normalized spacial score (nSPS) is 11.6. The van der Waals surface area contributed by atoms with Crippen LogP contribution in [0.15, 0.2) is 54.7 Å². The molecule has 0 radical (unpaired) electrons. The van der Waals surface area contributed by atoms with Gasteiger partial charge in [-0.05, 0) is 56.0 Å². The summed E-state index contributed by atoms with van der Waals surface area (Å²) in [7, 11) is -3.04. The third kappa shape index (κ3) is 10.1. The lowest BCUT2D eigenvalue weighted by atomic mass is 10.1. The summed E-state index contributed by atoms with van der Waals surface area (Å²) in [6, 6.07) is 16.7. The van der Waals surface area contributed by atoms with E-state index in [4.69, 9.17) is 18.5 Å². The van der Waals surface area contributed by atoms with E-state index in [1.807, 2.05) is 19.9 Å².